The first kappa shape index (κ1) is 70.5. The van der Waals surface area contributed by atoms with Gasteiger partial charge in [-0.15, -0.1) is 0 Å². The third-order valence-electron chi connectivity index (χ3n) is 16.8. The maximum absolute atomic E-state index is 14.0. The number of carbonyl (C=O) groups is 2. The molecule has 480 valence electrons. The quantitative estimate of drug-likeness (QED) is 0.0235. The van der Waals surface area contributed by atoms with Gasteiger partial charge in [0.05, 0.1) is 13.1 Å². The Labute approximate surface area is 524 Å². The maximum Gasteiger partial charge on any atom is 0.266 e. The SMILES string of the molecule is CCCCCCCCCCCCCCC(=O)Cl.CCCCCCCCCCCCCCC(=O)N1CC=C(c2cc(Nc3cc(C)ccn3)nc(N3CCC(F)(F)C3)c2)CC1.Cc1ccnc(Nc2cc(C3=CCNCC3)cc(N3CCC(F)(F)C3)n2)c1. The first-order valence-corrected chi connectivity index (χ1v) is 33.7. The van der Waals surface area contributed by atoms with Crippen LogP contribution in [0.1, 0.15) is 229 Å². The molecule has 0 spiro atoms. The Morgan fingerprint density at radius 1 is 0.540 bits per heavy atom. The van der Waals surface area contributed by atoms with Crippen molar-refractivity contribution in [3.8, 4) is 0 Å². The molecule has 0 radical (unpaired) electrons. The summed E-state index contributed by atoms with van der Waals surface area (Å²) >= 11 is 5.27. The van der Waals surface area contributed by atoms with Crippen molar-refractivity contribution in [2.75, 3.05) is 72.8 Å². The molecule has 0 unspecified atom stereocenters. The molecule has 0 saturated carbocycles. The minimum Gasteiger partial charge on any atom is -0.350 e. The Balaban J connectivity index is 0.000000233. The van der Waals surface area contributed by atoms with E-state index in [4.69, 9.17) is 11.6 Å². The van der Waals surface area contributed by atoms with Crippen molar-refractivity contribution in [3.05, 3.63) is 95.3 Å². The minimum atomic E-state index is -2.71. The Bertz CT molecular complexity index is 2740. The summed E-state index contributed by atoms with van der Waals surface area (Å²) in [5, 5.41) is 9.61. The molecule has 0 aromatic carbocycles. The molecule has 17 heteroatoms. The molecule has 0 aliphatic carbocycles. The number of hydrogen-bond acceptors (Lipinski definition) is 11. The topological polar surface area (TPSA) is 132 Å². The number of carbonyl (C=O) groups excluding carboxylic acids is 2. The van der Waals surface area contributed by atoms with Gasteiger partial charge in [0.15, 0.2) is 0 Å². The zero-order valence-corrected chi connectivity index (χ0v) is 53.9. The van der Waals surface area contributed by atoms with Crippen molar-refractivity contribution in [2.24, 2.45) is 0 Å². The maximum atomic E-state index is 14.0. The van der Waals surface area contributed by atoms with Crippen LogP contribution in [0.3, 0.4) is 0 Å². The van der Waals surface area contributed by atoms with Crippen LogP contribution in [0, 0.1) is 13.8 Å². The van der Waals surface area contributed by atoms with Crippen LogP contribution in [0.5, 0.6) is 0 Å². The number of aryl methyl sites for hydroxylation is 2. The number of halogens is 5. The summed E-state index contributed by atoms with van der Waals surface area (Å²) in [5.41, 5.74) is 6.45. The highest BCUT2D eigenvalue weighted by Crippen LogP contribution is 2.36. The Kier molecular flexibility index (Phi) is 31.4. The van der Waals surface area contributed by atoms with Gasteiger partial charge in [-0.05, 0) is 140 Å². The van der Waals surface area contributed by atoms with E-state index in [1.165, 1.54) is 134 Å². The van der Waals surface area contributed by atoms with E-state index in [1.54, 1.807) is 22.2 Å². The standard InChI is InChI=1S/C35H51F2N5O.C20H23F2N5.C15H29ClO/c1-3-4-5-6-7-8-9-10-11-12-13-14-15-34(43)41-21-17-29(18-22-41)30-25-32(39-31-24-28(2)16-20-38-31)40-33(26-30)42-23-19-35(36,37)27-42;1-14-2-8-24-17(10-14)25-18-11-16(15-3-6-23-7-4-15)12-19(26-18)27-9-5-20(21,22)13-27;1-2-3-4-5-6-7-8-9-10-11-12-13-14-15(16)17/h16-17,20,24-26H,3-15,18-19,21-23,27H2,1-2H3,(H,38,39,40);2-3,8,10-12,23H,4-7,9,13H2,1H3,(H,24,25,26);2-14H2,1H3. The normalized spacial score (nSPS) is 16.1. The molecule has 1 amide bonds. The van der Waals surface area contributed by atoms with Gasteiger partial charge in [0.1, 0.15) is 34.9 Å². The van der Waals surface area contributed by atoms with E-state index >= 15 is 0 Å². The average molecular weight is 1230 g/mol. The molecule has 87 heavy (non-hydrogen) atoms. The van der Waals surface area contributed by atoms with Crippen LogP contribution in [0.15, 0.2) is 73.1 Å². The number of unbranched alkanes of at least 4 members (excludes halogenated alkanes) is 22. The van der Waals surface area contributed by atoms with E-state index in [2.05, 4.69) is 61.9 Å². The smallest absolute Gasteiger partial charge is 0.266 e. The zero-order chi connectivity index (χ0) is 62.1. The van der Waals surface area contributed by atoms with Gasteiger partial charge in [-0.1, -0.05) is 167 Å². The van der Waals surface area contributed by atoms with Crippen molar-refractivity contribution in [1.82, 2.24) is 30.2 Å². The molecular formula is C70H103ClF4N10O2. The number of amides is 1. The van der Waals surface area contributed by atoms with E-state index in [1.807, 2.05) is 67.3 Å². The molecule has 8 heterocycles. The fourth-order valence-electron chi connectivity index (χ4n) is 11.6. The molecular weight excluding hydrogens is 1120 g/mol. The molecule has 4 aromatic rings. The van der Waals surface area contributed by atoms with E-state index in [-0.39, 0.29) is 43.6 Å². The van der Waals surface area contributed by atoms with Crippen LogP contribution in [0.25, 0.3) is 11.1 Å². The number of aromatic nitrogens is 4. The largest absolute Gasteiger partial charge is 0.350 e. The van der Waals surface area contributed by atoms with Gasteiger partial charge in [0.2, 0.25) is 11.1 Å². The average Bonchev–Trinajstić information content (AvgIpc) is 3.79. The summed E-state index contributed by atoms with van der Waals surface area (Å²) < 4.78 is 55.5. The number of alkyl halides is 4. The van der Waals surface area contributed by atoms with Crippen LogP contribution in [-0.2, 0) is 9.59 Å². The third kappa shape index (κ3) is 27.4. The van der Waals surface area contributed by atoms with Crippen molar-refractivity contribution in [3.63, 3.8) is 0 Å². The summed E-state index contributed by atoms with van der Waals surface area (Å²) in [6.07, 6.45) is 41.5. The predicted molar refractivity (Wildman–Crippen MR) is 353 cm³/mol. The number of anilines is 6. The number of rotatable bonds is 34. The van der Waals surface area contributed by atoms with Gasteiger partial charge in [0.25, 0.3) is 11.8 Å². The Morgan fingerprint density at radius 2 is 0.966 bits per heavy atom. The van der Waals surface area contributed by atoms with E-state index < -0.39 is 11.8 Å². The molecule has 0 atom stereocenters. The van der Waals surface area contributed by atoms with Gasteiger partial charge in [-0.25, -0.2) is 37.5 Å². The van der Waals surface area contributed by atoms with Crippen LogP contribution >= 0.6 is 11.6 Å². The predicted octanol–water partition coefficient (Wildman–Crippen LogP) is 18.7. The highest BCUT2D eigenvalue weighted by atomic mass is 35.5. The van der Waals surface area contributed by atoms with Crippen molar-refractivity contribution >= 4 is 68.8 Å². The first-order chi connectivity index (χ1) is 42.1. The van der Waals surface area contributed by atoms with Crippen LogP contribution in [0.2, 0.25) is 0 Å². The van der Waals surface area contributed by atoms with Gasteiger partial charge in [-0.3, -0.25) is 9.59 Å². The molecule has 3 N–H and O–H groups in total. The fourth-order valence-corrected chi connectivity index (χ4v) is 11.7. The highest BCUT2D eigenvalue weighted by molar-refractivity contribution is 6.63. The lowest BCUT2D eigenvalue weighted by molar-refractivity contribution is -0.130. The zero-order valence-electron chi connectivity index (χ0n) is 53.1. The van der Waals surface area contributed by atoms with E-state index in [9.17, 15) is 27.2 Å². The van der Waals surface area contributed by atoms with Gasteiger partial charge in [0, 0.05) is 70.8 Å². The number of nitrogens with zero attached hydrogens (tertiary/aromatic N) is 7. The lowest BCUT2D eigenvalue weighted by atomic mass is 9.99. The van der Waals surface area contributed by atoms with Crippen LogP contribution in [-0.4, -0.2) is 100 Å². The molecule has 12 nitrogen and oxygen atoms in total. The van der Waals surface area contributed by atoms with E-state index in [0.717, 1.165) is 79.4 Å². The van der Waals surface area contributed by atoms with E-state index in [0.29, 0.717) is 67.4 Å². The van der Waals surface area contributed by atoms with Gasteiger partial charge >= 0.3 is 0 Å². The fraction of sp³-hybridized carbons (Fsp3) is 0.629. The number of nitrogens with one attached hydrogen (secondary N) is 3. The van der Waals surface area contributed by atoms with Crippen LogP contribution < -0.4 is 25.8 Å². The third-order valence-corrected chi connectivity index (χ3v) is 17.0. The van der Waals surface area contributed by atoms with Crippen molar-refractivity contribution in [2.45, 2.75) is 232 Å². The molecule has 2 fully saturated rings. The summed E-state index contributed by atoms with van der Waals surface area (Å²) in [4.78, 5) is 46.6. The number of hydrogen-bond donors (Lipinski definition) is 3. The second-order valence-corrected chi connectivity index (χ2v) is 25.0. The molecule has 0 bridgehead atoms. The van der Waals surface area contributed by atoms with Gasteiger partial charge in [-0.2, -0.15) is 0 Å². The Morgan fingerprint density at radius 3 is 1.33 bits per heavy atom. The Hall–Kier alpha value is -5.61. The lowest BCUT2D eigenvalue weighted by Gasteiger charge is -2.27. The summed E-state index contributed by atoms with van der Waals surface area (Å²) in [6, 6.07) is 15.5. The van der Waals surface area contributed by atoms with Crippen LogP contribution in [0.4, 0.5) is 52.5 Å². The molecule has 8 rings (SSSR count). The summed E-state index contributed by atoms with van der Waals surface area (Å²) in [7, 11) is 0. The first-order valence-electron chi connectivity index (χ1n) is 33.3. The second-order valence-electron chi connectivity index (χ2n) is 24.6. The minimum absolute atomic E-state index is 0.131. The lowest BCUT2D eigenvalue weighted by Crippen LogP contribution is -2.34. The second kappa shape index (κ2) is 38.7. The molecule has 2 saturated heterocycles. The molecule has 4 aliphatic rings. The van der Waals surface area contributed by atoms with Gasteiger partial charge < -0.3 is 30.7 Å². The highest BCUT2D eigenvalue weighted by Gasteiger charge is 2.40. The van der Waals surface area contributed by atoms with Crippen molar-refractivity contribution < 1.29 is 27.2 Å². The summed E-state index contributed by atoms with van der Waals surface area (Å²) in [6.45, 7) is 11.5. The molecule has 4 aliphatic heterocycles. The summed E-state index contributed by atoms with van der Waals surface area (Å²) in [5.74, 6) is -1.46. The monoisotopic (exact) mass is 1230 g/mol. The molecule has 4 aromatic heterocycles. The number of pyridine rings is 4. The van der Waals surface area contributed by atoms with Crippen molar-refractivity contribution in [1.29, 1.82) is 0 Å².